The first-order valence-corrected chi connectivity index (χ1v) is 11.2. The van der Waals surface area contributed by atoms with Crippen LogP contribution in [0.1, 0.15) is 118 Å². The molecule has 1 amide bonds. The van der Waals surface area contributed by atoms with E-state index in [0.29, 0.717) is 11.6 Å². The van der Waals surface area contributed by atoms with Crippen LogP contribution < -0.4 is 5.32 Å². The highest BCUT2D eigenvalue weighted by Crippen LogP contribution is 2.33. The van der Waals surface area contributed by atoms with Gasteiger partial charge in [0, 0.05) is 17.1 Å². The quantitative estimate of drug-likeness (QED) is 0.712. The monoisotopic (exact) mass is 366 g/mol. The number of nitrogens with zero attached hydrogens (tertiary/aromatic N) is 1. The van der Waals surface area contributed by atoms with Gasteiger partial charge in [-0.2, -0.15) is 0 Å². The zero-order valence-electron chi connectivity index (χ0n) is 17.1. The molecular formula is C23H35BN2O. The minimum Gasteiger partial charge on any atom is -0.354 e. The van der Waals surface area contributed by atoms with Crippen molar-refractivity contribution >= 4 is 13.8 Å². The van der Waals surface area contributed by atoms with Crippen molar-refractivity contribution in [3.63, 3.8) is 0 Å². The van der Waals surface area contributed by atoms with Crippen LogP contribution in [0.25, 0.3) is 0 Å². The number of aryl methyl sites for hydroxylation is 1. The molecule has 1 aromatic heterocycles. The number of carbonyl (C=O) groups is 1. The molecule has 1 N–H and O–H groups in total. The molecule has 1 aromatic rings. The number of hydrogen-bond donors (Lipinski definition) is 1. The van der Waals surface area contributed by atoms with Crippen molar-refractivity contribution in [1.29, 1.82) is 0 Å². The molecule has 146 valence electrons. The fraction of sp³-hybridized carbons (Fsp3) is 0.739. The summed E-state index contributed by atoms with van der Waals surface area (Å²) in [6, 6.07) is 4.16. The predicted octanol–water partition coefficient (Wildman–Crippen LogP) is 5.56. The Bertz CT molecular complexity index is 613. The van der Waals surface area contributed by atoms with Crippen LogP contribution in [0, 0.1) is 6.92 Å². The van der Waals surface area contributed by atoms with E-state index in [1.807, 2.05) is 6.92 Å². The zero-order chi connectivity index (χ0) is 19.1. The lowest BCUT2D eigenvalue weighted by Gasteiger charge is -2.32. The summed E-state index contributed by atoms with van der Waals surface area (Å²) in [5.74, 6) is 0.422. The number of nitrogens with one attached hydrogen (secondary N) is 1. The van der Waals surface area contributed by atoms with E-state index in [1.165, 1.54) is 64.2 Å². The average Bonchev–Trinajstić information content (AvgIpc) is 3.16. The molecule has 0 aliphatic heterocycles. The van der Waals surface area contributed by atoms with Crippen molar-refractivity contribution in [3.05, 3.63) is 29.1 Å². The molecule has 2 saturated carbocycles. The molecule has 3 nitrogen and oxygen atoms in total. The van der Waals surface area contributed by atoms with Crippen LogP contribution in [-0.4, -0.2) is 24.2 Å². The van der Waals surface area contributed by atoms with Crippen LogP contribution in [0.15, 0.2) is 12.1 Å². The molecule has 27 heavy (non-hydrogen) atoms. The lowest BCUT2D eigenvalue weighted by molar-refractivity contribution is 0.0913. The molecule has 4 heteroatoms. The van der Waals surface area contributed by atoms with E-state index in [0.717, 1.165) is 36.9 Å². The number of rotatable bonds is 3. The largest absolute Gasteiger partial charge is 0.354 e. The van der Waals surface area contributed by atoms with Crippen molar-refractivity contribution in [1.82, 2.24) is 10.3 Å². The molecule has 0 spiro atoms. The second kappa shape index (κ2) is 9.75. The maximum atomic E-state index is 13.1. The van der Waals surface area contributed by atoms with Gasteiger partial charge in [-0.3, -0.25) is 4.79 Å². The van der Waals surface area contributed by atoms with Crippen LogP contribution in [0.5, 0.6) is 0 Å². The Morgan fingerprint density at radius 1 is 0.963 bits per heavy atom. The normalized spacial score (nSPS) is 22.1. The van der Waals surface area contributed by atoms with Crippen LogP contribution in [0.2, 0.25) is 0 Å². The molecule has 2 fully saturated rings. The van der Waals surface area contributed by atoms with E-state index in [9.17, 15) is 4.79 Å². The second-order valence-electron chi connectivity index (χ2n) is 8.82. The summed E-state index contributed by atoms with van der Waals surface area (Å²) >= 11 is 0. The Balaban J connectivity index is 1.70. The minimum atomic E-state index is -0.598. The van der Waals surface area contributed by atoms with Crippen molar-refractivity contribution < 1.29 is 4.79 Å². The third kappa shape index (κ3) is 5.83. The molecule has 3 rings (SSSR count). The van der Waals surface area contributed by atoms with Gasteiger partial charge >= 0.3 is 0 Å². The maximum absolute atomic E-state index is 13.1. The van der Waals surface area contributed by atoms with E-state index in [4.69, 9.17) is 12.8 Å². The summed E-state index contributed by atoms with van der Waals surface area (Å²) in [4.78, 5) is 17.8. The van der Waals surface area contributed by atoms with Gasteiger partial charge in [0.2, 0.25) is 0 Å². The van der Waals surface area contributed by atoms with Gasteiger partial charge in [-0.15, -0.1) is 0 Å². The minimum absolute atomic E-state index is 0.0929. The Kier molecular flexibility index (Phi) is 7.37. The predicted molar refractivity (Wildman–Crippen MR) is 112 cm³/mol. The molecule has 1 heterocycles. The topological polar surface area (TPSA) is 42.0 Å². The number of carbonyl (C=O) groups excluding carboxylic acids is 1. The third-order valence-electron chi connectivity index (χ3n) is 6.47. The van der Waals surface area contributed by atoms with E-state index < -0.39 is 5.44 Å². The molecule has 0 saturated heterocycles. The molecule has 2 radical (unpaired) electrons. The van der Waals surface area contributed by atoms with Crippen molar-refractivity contribution in [3.8, 4) is 0 Å². The highest BCUT2D eigenvalue weighted by atomic mass is 16.2. The lowest BCUT2D eigenvalue weighted by atomic mass is 9.70. The second-order valence-corrected chi connectivity index (χ2v) is 8.82. The molecule has 0 atom stereocenters. The van der Waals surface area contributed by atoms with E-state index in [1.54, 1.807) is 0 Å². The van der Waals surface area contributed by atoms with Crippen molar-refractivity contribution in [2.75, 3.05) is 0 Å². The smallest absolute Gasteiger partial charge is 0.269 e. The number of aromatic nitrogens is 1. The summed E-state index contributed by atoms with van der Waals surface area (Å²) in [6.07, 6.45) is 16.5. The van der Waals surface area contributed by atoms with Crippen LogP contribution in [0.3, 0.4) is 0 Å². The van der Waals surface area contributed by atoms with Crippen LogP contribution in [-0.2, 0) is 0 Å². The van der Waals surface area contributed by atoms with Gasteiger partial charge < -0.3 is 5.32 Å². The van der Waals surface area contributed by atoms with E-state index in [-0.39, 0.29) is 5.91 Å². The van der Waals surface area contributed by atoms with Gasteiger partial charge in [0.25, 0.3) is 5.91 Å². The standard InChI is InChI=1S/C23H35BN2O/c1-18-14-15-20(19-12-8-9-13-19)25-21(18)22(27)26-23(24)16-10-6-4-2-3-5-7-11-17-23/h14-15,19H,2-13,16-17H2,1H3,(H,26,27). The van der Waals surface area contributed by atoms with Gasteiger partial charge in [0.05, 0.1) is 0 Å². The summed E-state index contributed by atoms with van der Waals surface area (Å²) in [7, 11) is 6.69. The number of amides is 1. The lowest BCUT2D eigenvalue weighted by Crippen LogP contribution is -2.49. The van der Waals surface area contributed by atoms with Crippen LogP contribution >= 0.6 is 0 Å². The Morgan fingerprint density at radius 2 is 1.52 bits per heavy atom. The Hall–Kier alpha value is -1.32. The summed E-state index contributed by atoms with van der Waals surface area (Å²) in [6.45, 7) is 1.97. The van der Waals surface area contributed by atoms with Crippen molar-refractivity contribution in [2.24, 2.45) is 0 Å². The first-order chi connectivity index (χ1) is 13.1. The number of pyridine rings is 1. The first-order valence-electron chi connectivity index (χ1n) is 11.2. The van der Waals surface area contributed by atoms with E-state index in [2.05, 4.69) is 17.4 Å². The summed E-state index contributed by atoms with van der Waals surface area (Å²) in [5.41, 5.74) is 1.99. The fourth-order valence-corrected chi connectivity index (χ4v) is 4.70. The van der Waals surface area contributed by atoms with E-state index >= 15 is 0 Å². The molecule has 2 aliphatic carbocycles. The van der Waals surface area contributed by atoms with Gasteiger partial charge in [-0.05, 0) is 44.2 Å². The molecule has 0 bridgehead atoms. The zero-order valence-corrected chi connectivity index (χ0v) is 17.1. The average molecular weight is 366 g/mol. The Morgan fingerprint density at radius 3 is 2.11 bits per heavy atom. The molecule has 0 aromatic carbocycles. The molecule has 0 unspecified atom stereocenters. The Labute approximate surface area is 166 Å². The molecule has 2 aliphatic rings. The highest BCUT2D eigenvalue weighted by molar-refractivity contribution is 6.17. The third-order valence-corrected chi connectivity index (χ3v) is 6.47. The molecular weight excluding hydrogens is 331 g/mol. The SMILES string of the molecule is [B]C1(NC(=O)c2nc(C3CCCC3)ccc2C)CCCCCCCCCC1. The summed E-state index contributed by atoms with van der Waals surface area (Å²) in [5, 5.41) is 3.18. The van der Waals surface area contributed by atoms with Crippen molar-refractivity contribution in [2.45, 2.75) is 108 Å². The van der Waals surface area contributed by atoms with Gasteiger partial charge in [-0.1, -0.05) is 70.3 Å². The highest BCUT2D eigenvalue weighted by Gasteiger charge is 2.27. The summed E-state index contributed by atoms with van der Waals surface area (Å²) < 4.78 is 0. The number of hydrogen-bond acceptors (Lipinski definition) is 2. The van der Waals surface area contributed by atoms with Gasteiger partial charge in [-0.25, -0.2) is 4.98 Å². The fourth-order valence-electron chi connectivity index (χ4n) is 4.70. The van der Waals surface area contributed by atoms with Gasteiger partial charge in [0.1, 0.15) is 13.5 Å². The maximum Gasteiger partial charge on any atom is 0.269 e. The first kappa shape index (κ1) is 20.4. The van der Waals surface area contributed by atoms with Crippen LogP contribution in [0.4, 0.5) is 0 Å². The van der Waals surface area contributed by atoms with Gasteiger partial charge in [0.15, 0.2) is 0 Å².